The summed E-state index contributed by atoms with van der Waals surface area (Å²) in [5.74, 6) is -3.43. The van der Waals surface area contributed by atoms with Gasteiger partial charge in [0.05, 0.1) is 5.56 Å². The van der Waals surface area contributed by atoms with E-state index < -0.39 is 23.5 Å². The number of carboxylic acid groups (broad SMARTS) is 1. The molecule has 21 heavy (non-hydrogen) atoms. The second-order valence-electron chi connectivity index (χ2n) is 4.87. The second kappa shape index (κ2) is 4.80. The van der Waals surface area contributed by atoms with Crippen molar-refractivity contribution in [3.8, 4) is 0 Å². The van der Waals surface area contributed by atoms with Crippen LogP contribution in [0.2, 0.25) is 0 Å². The first-order valence-electron chi connectivity index (χ1n) is 6.32. The number of benzene rings is 1. The molecule has 1 aliphatic rings. The maximum atomic E-state index is 13.9. The Morgan fingerprint density at radius 3 is 2.81 bits per heavy atom. The quantitative estimate of drug-likeness (QED) is 0.921. The molecule has 1 aromatic carbocycles. The summed E-state index contributed by atoms with van der Waals surface area (Å²) < 4.78 is 32.4. The number of carbonyl (C=O) groups excluding carboxylic acids is 1. The van der Waals surface area contributed by atoms with E-state index in [0.717, 1.165) is 24.5 Å². The molecule has 3 rings (SSSR count). The zero-order valence-corrected chi connectivity index (χ0v) is 10.7. The van der Waals surface area contributed by atoms with Gasteiger partial charge in [-0.3, -0.25) is 4.79 Å². The number of furan rings is 1. The highest BCUT2D eigenvalue weighted by Gasteiger charge is 2.35. The third kappa shape index (κ3) is 2.12. The summed E-state index contributed by atoms with van der Waals surface area (Å²) in [6.07, 6.45) is 1.28. The number of aromatic carboxylic acids is 1. The molecule has 0 bridgehead atoms. The Bertz CT molecular complexity index is 748. The van der Waals surface area contributed by atoms with Crippen LogP contribution in [0.5, 0.6) is 0 Å². The number of hydrogen-bond acceptors (Lipinski definition) is 3. The first-order chi connectivity index (χ1) is 9.99. The monoisotopic (exact) mass is 292 g/mol. The summed E-state index contributed by atoms with van der Waals surface area (Å²) in [4.78, 5) is 23.0. The lowest BCUT2D eigenvalue weighted by Gasteiger charge is -2.21. The number of rotatable bonds is 2. The molecule has 4 nitrogen and oxygen atoms in total. The number of hydrogen-bond donors (Lipinski definition) is 1. The maximum absolute atomic E-state index is 13.9. The van der Waals surface area contributed by atoms with E-state index in [1.165, 1.54) is 0 Å². The minimum atomic E-state index is -1.28. The molecule has 1 aliphatic carbocycles. The summed E-state index contributed by atoms with van der Waals surface area (Å²) >= 11 is 0. The van der Waals surface area contributed by atoms with Gasteiger partial charge in [-0.2, -0.15) is 0 Å². The fraction of sp³-hybridized carbons (Fsp3) is 0.200. The maximum Gasteiger partial charge on any atom is 0.339 e. The van der Waals surface area contributed by atoms with Gasteiger partial charge < -0.3 is 9.52 Å². The first-order valence-corrected chi connectivity index (χ1v) is 6.32. The van der Waals surface area contributed by atoms with Gasteiger partial charge in [0.15, 0.2) is 5.78 Å². The van der Waals surface area contributed by atoms with Crippen molar-refractivity contribution in [3.63, 3.8) is 0 Å². The van der Waals surface area contributed by atoms with Crippen LogP contribution in [0.25, 0.3) is 0 Å². The highest BCUT2D eigenvalue weighted by atomic mass is 19.1. The Hall–Kier alpha value is -2.50. The third-order valence-electron chi connectivity index (χ3n) is 3.64. The van der Waals surface area contributed by atoms with E-state index in [1.807, 2.05) is 0 Å². The van der Waals surface area contributed by atoms with Crippen LogP contribution in [0, 0.1) is 11.6 Å². The molecule has 0 saturated heterocycles. The Morgan fingerprint density at radius 2 is 2.10 bits per heavy atom. The van der Waals surface area contributed by atoms with Crippen LogP contribution in [-0.2, 0) is 0 Å². The van der Waals surface area contributed by atoms with Crippen molar-refractivity contribution >= 4 is 11.8 Å². The minimum Gasteiger partial charge on any atom is -0.478 e. The summed E-state index contributed by atoms with van der Waals surface area (Å²) in [5, 5.41) is 9.06. The molecule has 2 aromatic rings. The summed E-state index contributed by atoms with van der Waals surface area (Å²) in [5.41, 5.74) is -0.214. The molecule has 1 N–H and O–H groups in total. The smallest absolute Gasteiger partial charge is 0.339 e. The Labute approximate surface area is 118 Å². The Balaban J connectivity index is 2.16. The zero-order valence-electron chi connectivity index (χ0n) is 10.7. The molecule has 0 spiro atoms. The highest BCUT2D eigenvalue weighted by Crippen LogP contribution is 2.40. The number of carbonyl (C=O) groups is 2. The van der Waals surface area contributed by atoms with Crippen molar-refractivity contribution < 1.29 is 27.9 Å². The van der Waals surface area contributed by atoms with Crippen molar-refractivity contribution in [2.75, 3.05) is 0 Å². The summed E-state index contributed by atoms with van der Waals surface area (Å²) in [6, 6.07) is 3.04. The topological polar surface area (TPSA) is 67.5 Å². The zero-order chi connectivity index (χ0) is 15.1. The van der Waals surface area contributed by atoms with E-state index in [1.54, 1.807) is 0 Å². The number of carboxylic acids is 1. The molecule has 1 aromatic heterocycles. The molecule has 0 amide bonds. The van der Waals surface area contributed by atoms with Crippen LogP contribution in [0.4, 0.5) is 8.78 Å². The van der Waals surface area contributed by atoms with Crippen LogP contribution >= 0.6 is 0 Å². The third-order valence-corrected chi connectivity index (χ3v) is 3.64. The molecule has 1 heterocycles. The highest BCUT2D eigenvalue weighted by molar-refractivity contribution is 6.07. The van der Waals surface area contributed by atoms with Crippen molar-refractivity contribution in [3.05, 3.63) is 58.5 Å². The van der Waals surface area contributed by atoms with Crippen molar-refractivity contribution in [2.24, 2.45) is 0 Å². The molecule has 0 radical (unpaired) electrons. The van der Waals surface area contributed by atoms with Gasteiger partial charge in [0, 0.05) is 17.9 Å². The largest absolute Gasteiger partial charge is 0.478 e. The van der Waals surface area contributed by atoms with Gasteiger partial charge in [-0.15, -0.1) is 0 Å². The van der Waals surface area contributed by atoms with Gasteiger partial charge in [0.2, 0.25) is 0 Å². The van der Waals surface area contributed by atoms with E-state index in [0.29, 0.717) is 0 Å². The lowest BCUT2D eigenvalue weighted by molar-refractivity contribution is 0.0691. The van der Waals surface area contributed by atoms with Gasteiger partial charge in [0.1, 0.15) is 29.2 Å². The van der Waals surface area contributed by atoms with E-state index in [2.05, 4.69) is 0 Å². The van der Waals surface area contributed by atoms with Gasteiger partial charge >= 0.3 is 5.97 Å². The van der Waals surface area contributed by atoms with E-state index in [9.17, 15) is 18.4 Å². The molecule has 108 valence electrons. The molecule has 6 heteroatoms. The molecular weight excluding hydrogens is 282 g/mol. The Morgan fingerprint density at radius 1 is 1.33 bits per heavy atom. The average molecular weight is 292 g/mol. The lowest BCUT2D eigenvalue weighted by Crippen LogP contribution is -2.18. The lowest BCUT2D eigenvalue weighted by atomic mass is 9.81. The van der Waals surface area contributed by atoms with Crippen LogP contribution in [0.15, 0.2) is 28.9 Å². The second-order valence-corrected chi connectivity index (χ2v) is 4.87. The number of fused-ring (bicyclic) bond motifs is 1. The standard InChI is InChI=1S/C15H10F2O4/c16-7-1-3-11(17)9(5-7)8-2-4-12(18)13-10(15(19)20)6-21-14(8)13/h1,3,5-6,8H,2,4H2,(H,19,20)/t8-/m0/s1. The summed E-state index contributed by atoms with van der Waals surface area (Å²) in [6.45, 7) is 0. The normalized spacial score (nSPS) is 17.6. The van der Waals surface area contributed by atoms with Crippen LogP contribution in [0.1, 0.15) is 50.8 Å². The van der Waals surface area contributed by atoms with Crippen LogP contribution in [-0.4, -0.2) is 16.9 Å². The average Bonchev–Trinajstić information content (AvgIpc) is 2.88. The molecule has 0 saturated carbocycles. The molecule has 0 fully saturated rings. The molecule has 1 atom stereocenters. The van der Waals surface area contributed by atoms with E-state index in [-0.39, 0.29) is 41.1 Å². The Kier molecular flexibility index (Phi) is 3.08. The van der Waals surface area contributed by atoms with E-state index >= 15 is 0 Å². The molecule has 0 aliphatic heterocycles. The molecular formula is C15H10F2O4. The van der Waals surface area contributed by atoms with Crippen molar-refractivity contribution in [1.82, 2.24) is 0 Å². The van der Waals surface area contributed by atoms with Gasteiger partial charge in [0.25, 0.3) is 0 Å². The predicted molar refractivity (Wildman–Crippen MR) is 67.4 cm³/mol. The first kappa shape index (κ1) is 13.5. The predicted octanol–water partition coefficient (Wildman–Crippen LogP) is 3.36. The van der Waals surface area contributed by atoms with Crippen molar-refractivity contribution in [2.45, 2.75) is 18.8 Å². The molecule has 0 unspecified atom stereocenters. The van der Waals surface area contributed by atoms with Gasteiger partial charge in [-0.25, -0.2) is 13.6 Å². The number of Topliss-reactive ketones (excluding diaryl/α,β-unsaturated/α-hetero) is 1. The number of ketones is 1. The van der Waals surface area contributed by atoms with Crippen LogP contribution in [0.3, 0.4) is 0 Å². The van der Waals surface area contributed by atoms with E-state index in [4.69, 9.17) is 9.52 Å². The minimum absolute atomic E-state index is 0.0394. The van der Waals surface area contributed by atoms with Gasteiger partial charge in [-0.05, 0) is 24.6 Å². The summed E-state index contributed by atoms with van der Waals surface area (Å²) in [7, 11) is 0. The number of halogens is 2. The van der Waals surface area contributed by atoms with Crippen molar-refractivity contribution in [1.29, 1.82) is 0 Å². The van der Waals surface area contributed by atoms with Gasteiger partial charge in [-0.1, -0.05) is 0 Å². The fourth-order valence-corrected chi connectivity index (χ4v) is 2.68. The SMILES string of the molecule is O=C(O)c1coc2c1C(=O)CC[C@H]2c1cc(F)ccc1F. The van der Waals surface area contributed by atoms with Crippen LogP contribution < -0.4 is 0 Å². The fourth-order valence-electron chi connectivity index (χ4n) is 2.68.